The molecule has 0 rings (SSSR count). The molecule has 0 spiro atoms. The van der Waals surface area contributed by atoms with Gasteiger partial charge in [-0.25, -0.2) is 8.78 Å². The molecule has 0 aliphatic carbocycles. The summed E-state index contributed by atoms with van der Waals surface area (Å²) in [7, 11) is 0. The lowest BCUT2D eigenvalue weighted by atomic mass is 9.99. The molecule has 7 heteroatoms. The predicted octanol–water partition coefficient (Wildman–Crippen LogP) is 4.26. The van der Waals surface area contributed by atoms with Crippen LogP contribution >= 0.6 is 0 Å². The zero-order valence-electron chi connectivity index (χ0n) is 8.14. The van der Waals surface area contributed by atoms with Crippen molar-refractivity contribution in [2.45, 2.75) is 44.7 Å². The summed E-state index contributed by atoms with van der Waals surface area (Å²) in [5.41, 5.74) is 0. The Morgan fingerprint density at radius 2 is 1.27 bits per heavy atom. The van der Waals surface area contributed by atoms with Crippen LogP contribution in [0.25, 0.3) is 0 Å². The highest BCUT2D eigenvalue weighted by atomic mass is 19.4. The van der Waals surface area contributed by atoms with Crippen molar-refractivity contribution in [2.24, 2.45) is 5.92 Å². The van der Waals surface area contributed by atoms with Crippen LogP contribution in [-0.4, -0.2) is 18.0 Å². The molecule has 0 aliphatic heterocycles. The van der Waals surface area contributed by atoms with Gasteiger partial charge in [0, 0.05) is 6.42 Å². The van der Waals surface area contributed by atoms with Crippen LogP contribution in [0.5, 0.6) is 0 Å². The van der Waals surface area contributed by atoms with Crippen molar-refractivity contribution in [2.75, 3.05) is 0 Å². The summed E-state index contributed by atoms with van der Waals surface area (Å²) < 4.78 is 84.8. The molecule has 0 atom stereocenters. The normalized spacial score (nSPS) is 14.8. The van der Waals surface area contributed by atoms with Gasteiger partial charge < -0.3 is 0 Å². The molecule has 0 aromatic rings. The molecular formula is C8H11F7. The molecular weight excluding hydrogens is 229 g/mol. The Balaban J connectivity index is 4.57. The minimum Gasteiger partial charge on any atom is -0.207 e. The Kier molecular flexibility index (Phi) is 4.04. The first kappa shape index (κ1) is 14.5. The zero-order valence-corrected chi connectivity index (χ0v) is 8.14. The van der Waals surface area contributed by atoms with Gasteiger partial charge in [-0.2, -0.15) is 22.0 Å². The first-order valence-corrected chi connectivity index (χ1v) is 4.20. The van der Waals surface area contributed by atoms with E-state index in [1.165, 1.54) is 13.8 Å². The van der Waals surface area contributed by atoms with Gasteiger partial charge in [0.2, 0.25) is 0 Å². The molecule has 15 heavy (non-hydrogen) atoms. The summed E-state index contributed by atoms with van der Waals surface area (Å²) in [4.78, 5) is 0. The Labute approximate surface area is 82.5 Å². The van der Waals surface area contributed by atoms with Gasteiger partial charge in [0.25, 0.3) is 5.92 Å². The van der Waals surface area contributed by atoms with E-state index in [2.05, 4.69) is 0 Å². The minimum atomic E-state index is -5.92. The highest BCUT2D eigenvalue weighted by Crippen LogP contribution is 2.44. The lowest BCUT2D eigenvalue weighted by molar-refractivity contribution is -0.301. The lowest BCUT2D eigenvalue weighted by Crippen LogP contribution is -2.42. The SMILES string of the molecule is CC(C)CC(F)(F)CC(F)(F)C(F)(F)F. The number of halogens is 7. The maximum Gasteiger partial charge on any atom is 0.453 e. The van der Waals surface area contributed by atoms with Crippen molar-refractivity contribution in [3.05, 3.63) is 0 Å². The average Bonchev–Trinajstić information content (AvgIpc) is 1.75. The van der Waals surface area contributed by atoms with Gasteiger partial charge in [0.05, 0.1) is 6.42 Å². The van der Waals surface area contributed by atoms with E-state index in [1.807, 2.05) is 0 Å². The van der Waals surface area contributed by atoms with E-state index in [9.17, 15) is 30.7 Å². The quantitative estimate of drug-likeness (QED) is 0.644. The van der Waals surface area contributed by atoms with E-state index >= 15 is 0 Å². The van der Waals surface area contributed by atoms with Gasteiger partial charge in [-0.1, -0.05) is 13.8 Å². The van der Waals surface area contributed by atoms with E-state index in [4.69, 9.17) is 0 Å². The number of alkyl halides is 7. The molecule has 0 amide bonds. The number of hydrogen-bond donors (Lipinski definition) is 0. The first-order chi connectivity index (χ1) is 6.37. The van der Waals surface area contributed by atoms with Crippen molar-refractivity contribution >= 4 is 0 Å². The van der Waals surface area contributed by atoms with Crippen molar-refractivity contribution in [3.63, 3.8) is 0 Å². The topological polar surface area (TPSA) is 0 Å². The molecule has 0 saturated heterocycles. The standard InChI is InChI=1S/C8H11F7/c1-5(2)3-6(9,10)4-7(11,12)8(13,14)15/h5H,3-4H2,1-2H3. The van der Waals surface area contributed by atoms with E-state index in [0.29, 0.717) is 0 Å². The maximum atomic E-state index is 12.7. The summed E-state index contributed by atoms with van der Waals surface area (Å²) >= 11 is 0. The maximum absolute atomic E-state index is 12.7. The van der Waals surface area contributed by atoms with Crippen LogP contribution < -0.4 is 0 Å². The van der Waals surface area contributed by atoms with Gasteiger partial charge in [0.15, 0.2) is 0 Å². The monoisotopic (exact) mass is 240 g/mol. The van der Waals surface area contributed by atoms with Crippen molar-refractivity contribution in [1.82, 2.24) is 0 Å². The molecule has 0 bridgehead atoms. The molecule has 0 nitrogen and oxygen atoms in total. The lowest BCUT2D eigenvalue weighted by Gasteiger charge is -2.25. The van der Waals surface area contributed by atoms with E-state index in [1.54, 1.807) is 0 Å². The van der Waals surface area contributed by atoms with Gasteiger partial charge in [-0.05, 0) is 5.92 Å². The molecule has 0 N–H and O–H groups in total. The Morgan fingerprint density at radius 1 is 0.867 bits per heavy atom. The van der Waals surface area contributed by atoms with E-state index in [0.717, 1.165) is 0 Å². The Hall–Kier alpha value is -0.490. The van der Waals surface area contributed by atoms with Crippen molar-refractivity contribution in [3.8, 4) is 0 Å². The Bertz CT molecular complexity index is 204. The summed E-state index contributed by atoms with van der Waals surface area (Å²) in [6.07, 6.45) is -9.40. The fourth-order valence-electron chi connectivity index (χ4n) is 1.09. The highest BCUT2D eigenvalue weighted by Gasteiger charge is 2.61. The Morgan fingerprint density at radius 3 is 1.53 bits per heavy atom. The number of rotatable bonds is 4. The van der Waals surface area contributed by atoms with Crippen LogP contribution in [0.1, 0.15) is 26.7 Å². The molecule has 0 aromatic heterocycles. The third-order valence-electron chi connectivity index (χ3n) is 1.60. The molecule has 0 radical (unpaired) electrons. The van der Waals surface area contributed by atoms with Crippen LogP contribution in [0.3, 0.4) is 0 Å². The second-order valence-corrected chi connectivity index (χ2v) is 3.83. The second kappa shape index (κ2) is 4.17. The molecule has 0 unspecified atom stereocenters. The zero-order chi connectivity index (χ0) is 12.5. The summed E-state index contributed by atoms with van der Waals surface area (Å²) in [6.45, 7) is 2.64. The molecule has 0 aliphatic rings. The fraction of sp³-hybridized carbons (Fsp3) is 1.00. The van der Waals surface area contributed by atoms with Gasteiger partial charge in [-0.3, -0.25) is 0 Å². The predicted molar refractivity (Wildman–Crippen MR) is 40.0 cm³/mol. The second-order valence-electron chi connectivity index (χ2n) is 3.83. The van der Waals surface area contributed by atoms with Crippen LogP contribution in [0.2, 0.25) is 0 Å². The smallest absolute Gasteiger partial charge is 0.207 e. The third kappa shape index (κ3) is 4.70. The summed E-state index contributed by atoms with van der Waals surface area (Å²) in [5, 5.41) is 0. The van der Waals surface area contributed by atoms with Crippen LogP contribution in [0, 0.1) is 5.92 Å². The summed E-state index contributed by atoms with van der Waals surface area (Å²) in [5.74, 6) is -10.00. The van der Waals surface area contributed by atoms with Gasteiger partial charge >= 0.3 is 12.1 Å². The van der Waals surface area contributed by atoms with Crippen molar-refractivity contribution < 1.29 is 30.7 Å². The summed E-state index contributed by atoms with van der Waals surface area (Å²) in [6, 6.07) is 0. The molecule has 0 saturated carbocycles. The highest BCUT2D eigenvalue weighted by molar-refractivity contribution is 4.83. The fourth-order valence-corrected chi connectivity index (χ4v) is 1.09. The molecule has 92 valence electrons. The average molecular weight is 240 g/mol. The minimum absolute atomic E-state index is 0.649. The van der Waals surface area contributed by atoms with E-state index in [-0.39, 0.29) is 0 Å². The van der Waals surface area contributed by atoms with Crippen LogP contribution in [0.15, 0.2) is 0 Å². The van der Waals surface area contributed by atoms with Crippen LogP contribution in [-0.2, 0) is 0 Å². The molecule has 0 aromatic carbocycles. The van der Waals surface area contributed by atoms with E-state index < -0.39 is 36.8 Å². The van der Waals surface area contributed by atoms with Gasteiger partial charge in [-0.15, -0.1) is 0 Å². The molecule has 0 fully saturated rings. The molecule has 0 heterocycles. The largest absolute Gasteiger partial charge is 0.453 e. The first-order valence-electron chi connectivity index (χ1n) is 4.20. The number of hydrogen-bond acceptors (Lipinski definition) is 0. The third-order valence-corrected chi connectivity index (χ3v) is 1.60. The van der Waals surface area contributed by atoms with Gasteiger partial charge in [0.1, 0.15) is 0 Å². The van der Waals surface area contributed by atoms with Crippen LogP contribution in [0.4, 0.5) is 30.7 Å². The van der Waals surface area contributed by atoms with Crippen molar-refractivity contribution in [1.29, 1.82) is 0 Å².